The maximum Gasteiger partial charge on any atom is 0.224 e. The van der Waals surface area contributed by atoms with Crippen molar-refractivity contribution >= 4 is 16.8 Å². The molecule has 4 heteroatoms. The van der Waals surface area contributed by atoms with Crippen LogP contribution in [-0.4, -0.2) is 42.0 Å². The first-order valence-electron chi connectivity index (χ1n) is 9.18. The van der Waals surface area contributed by atoms with Gasteiger partial charge in [-0.2, -0.15) is 0 Å². The molecular weight excluding hydrogens is 298 g/mol. The first-order chi connectivity index (χ1) is 11.6. The van der Waals surface area contributed by atoms with Crippen LogP contribution in [0.25, 0.3) is 10.9 Å². The molecule has 1 aromatic carbocycles. The Morgan fingerprint density at radius 3 is 2.83 bits per heavy atom. The third kappa shape index (κ3) is 4.18. The van der Waals surface area contributed by atoms with Crippen molar-refractivity contribution in [1.29, 1.82) is 0 Å². The van der Waals surface area contributed by atoms with E-state index >= 15 is 0 Å². The highest BCUT2D eigenvalue weighted by Gasteiger charge is 2.15. The summed E-state index contributed by atoms with van der Waals surface area (Å²) < 4.78 is 0. The van der Waals surface area contributed by atoms with Crippen LogP contribution in [0.2, 0.25) is 0 Å². The van der Waals surface area contributed by atoms with E-state index in [4.69, 9.17) is 0 Å². The highest BCUT2D eigenvalue weighted by atomic mass is 16.1. The molecule has 130 valence electrons. The maximum atomic E-state index is 12.3. The summed E-state index contributed by atoms with van der Waals surface area (Å²) in [6.07, 6.45) is 4.11. The predicted molar refractivity (Wildman–Crippen MR) is 99.2 cm³/mol. The Bertz CT molecular complexity index is 683. The van der Waals surface area contributed by atoms with Crippen molar-refractivity contribution in [3.63, 3.8) is 0 Å². The van der Waals surface area contributed by atoms with Crippen molar-refractivity contribution in [3.05, 3.63) is 35.5 Å². The number of likely N-dealkylation sites (tertiary alicyclic amines) is 1. The van der Waals surface area contributed by atoms with Gasteiger partial charge in [0.2, 0.25) is 5.91 Å². The maximum absolute atomic E-state index is 12.3. The number of hydrogen-bond acceptors (Lipinski definition) is 2. The number of nitrogens with one attached hydrogen (secondary N) is 2. The number of carbonyl (C=O) groups excluding carboxylic acids is 1. The molecule has 1 fully saturated rings. The van der Waals surface area contributed by atoms with E-state index in [9.17, 15) is 4.79 Å². The summed E-state index contributed by atoms with van der Waals surface area (Å²) in [7, 11) is 0. The fourth-order valence-electron chi connectivity index (χ4n) is 3.60. The van der Waals surface area contributed by atoms with Crippen LogP contribution in [0, 0.1) is 12.8 Å². The summed E-state index contributed by atoms with van der Waals surface area (Å²) in [6, 6.07) is 8.18. The molecule has 0 aliphatic carbocycles. The molecule has 2 N–H and O–H groups in total. The minimum atomic E-state index is 0.120. The van der Waals surface area contributed by atoms with Crippen molar-refractivity contribution in [1.82, 2.24) is 15.2 Å². The molecule has 0 radical (unpaired) electrons. The minimum absolute atomic E-state index is 0.120. The van der Waals surface area contributed by atoms with Crippen LogP contribution < -0.4 is 5.32 Å². The second-order valence-electron chi connectivity index (χ2n) is 7.18. The molecule has 4 nitrogen and oxygen atoms in total. The largest absolute Gasteiger partial charge is 0.358 e. The van der Waals surface area contributed by atoms with E-state index in [1.54, 1.807) is 0 Å². The SMILES string of the molecule is Cc1[nH]c2ccccc2c1CC(=O)NCCCN1CCC(C)CC1. The van der Waals surface area contributed by atoms with Gasteiger partial charge < -0.3 is 15.2 Å². The topological polar surface area (TPSA) is 48.1 Å². The number of amides is 1. The summed E-state index contributed by atoms with van der Waals surface area (Å²) >= 11 is 0. The van der Waals surface area contributed by atoms with Gasteiger partial charge in [0.25, 0.3) is 0 Å². The van der Waals surface area contributed by atoms with Crippen LogP contribution >= 0.6 is 0 Å². The van der Waals surface area contributed by atoms with Gasteiger partial charge in [0.1, 0.15) is 0 Å². The Hall–Kier alpha value is -1.81. The predicted octanol–water partition coefficient (Wildman–Crippen LogP) is 3.26. The smallest absolute Gasteiger partial charge is 0.224 e. The molecule has 24 heavy (non-hydrogen) atoms. The van der Waals surface area contributed by atoms with Crippen LogP contribution in [0.5, 0.6) is 0 Å². The van der Waals surface area contributed by atoms with Gasteiger partial charge in [0.05, 0.1) is 6.42 Å². The second-order valence-corrected chi connectivity index (χ2v) is 7.18. The van der Waals surface area contributed by atoms with E-state index in [0.29, 0.717) is 6.42 Å². The molecule has 1 aromatic heterocycles. The van der Waals surface area contributed by atoms with Gasteiger partial charge in [0, 0.05) is 23.1 Å². The molecule has 2 heterocycles. The van der Waals surface area contributed by atoms with Gasteiger partial charge in [-0.05, 0) is 63.4 Å². The van der Waals surface area contributed by atoms with Crippen LogP contribution in [0.4, 0.5) is 0 Å². The van der Waals surface area contributed by atoms with Gasteiger partial charge in [-0.1, -0.05) is 25.1 Å². The number of piperidine rings is 1. The molecule has 0 bridgehead atoms. The number of aryl methyl sites for hydroxylation is 1. The number of aromatic nitrogens is 1. The first kappa shape index (κ1) is 17.0. The molecule has 1 aliphatic rings. The summed E-state index contributed by atoms with van der Waals surface area (Å²) in [6.45, 7) is 8.67. The molecule has 0 spiro atoms. The molecular formula is C20H29N3O. The summed E-state index contributed by atoms with van der Waals surface area (Å²) in [5, 5.41) is 4.24. The lowest BCUT2D eigenvalue weighted by atomic mass is 9.99. The highest BCUT2D eigenvalue weighted by Crippen LogP contribution is 2.22. The van der Waals surface area contributed by atoms with E-state index < -0.39 is 0 Å². The third-order valence-corrected chi connectivity index (χ3v) is 5.21. The second kappa shape index (κ2) is 7.84. The van der Waals surface area contributed by atoms with E-state index in [1.807, 2.05) is 19.1 Å². The van der Waals surface area contributed by atoms with Crippen molar-refractivity contribution in [2.75, 3.05) is 26.2 Å². The van der Waals surface area contributed by atoms with Gasteiger partial charge >= 0.3 is 0 Å². The fraction of sp³-hybridized carbons (Fsp3) is 0.550. The number of para-hydroxylation sites is 1. The van der Waals surface area contributed by atoms with Gasteiger partial charge in [0.15, 0.2) is 0 Å². The number of rotatable bonds is 6. The zero-order valence-electron chi connectivity index (χ0n) is 14.9. The van der Waals surface area contributed by atoms with Crippen molar-refractivity contribution in [3.8, 4) is 0 Å². The first-order valence-corrected chi connectivity index (χ1v) is 9.18. The minimum Gasteiger partial charge on any atom is -0.358 e. The standard InChI is InChI=1S/C20H29N3O/c1-15-8-12-23(13-9-15)11-5-10-21-20(24)14-18-16(2)22-19-7-4-3-6-17(18)19/h3-4,6-7,15,22H,5,8-14H2,1-2H3,(H,21,24). The lowest BCUT2D eigenvalue weighted by Crippen LogP contribution is -2.35. The molecule has 1 saturated heterocycles. The lowest BCUT2D eigenvalue weighted by molar-refractivity contribution is -0.120. The Balaban J connectivity index is 1.43. The number of H-pyrrole nitrogens is 1. The Morgan fingerprint density at radius 2 is 2.04 bits per heavy atom. The molecule has 3 rings (SSSR count). The van der Waals surface area contributed by atoms with Crippen LogP contribution in [0.1, 0.15) is 37.4 Å². The number of hydrogen-bond donors (Lipinski definition) is 2. The molecule has 2 aromatic rings. The quantitative estimate of drug-likeness (QED) is 0.800. The normalized spacial score (nSPS) is 16.6. The van der Waals surface area contributed by atoms with E-state index in [-0.39, 0.29) is 5.91 Å². The zero-order chi connectivity index (χ0) is 16.9. The van der Waals surface area contributed by atoms with Crippen LogP contribution in [0.3, 0.4) is 0 Å². The van der Waals surface area contributed by atoms with E-state index in [1.165, 1.54) is 25.9 Å². The summed E-state index contributed by atoms with van der Waals surface area (Å²) in [4.78, 5) is 18.1. The average Bonchev–Trinajstić information content (AvgIpc) is 2.89. The van der Waals surface area contributed by atoms with Gasteiger partial charge in [-0.3, -0.25) is 4.79 Å². The Morgan fingerprint density at radius 1 is 1.29 bits per heavy atom. The number of benzene rings is 1. The van der Waals surface area contributed by atoms with Crippen LogP contribution in [-0.2, 0) is 11.2 Å². The van der Waals surface area contributed by atoms with E-state index in [0.717, 1.165) is 47.6 Å². The number of fused-ring (bicyclic) bond motifs is 1. The third-order valence-electron chi connectivity index (χ3n) is 5.21. The number of aromatic amines is 1. The average molecular weight is 327 g/mol. The van der Waals surface area contributed by atoms with Crippen LogP contribution in [0.15, 0.2) is 24.3 Å². The van der Waals surface area contributed by atoms with E-state index in [2.05, 4.69) is 34.3 Å². The number of carbonyl (C=O) groups is 1. The fourth-order valence-corrected chi connectivity index (χ4v) is 3.60. The van der Waals surface area contributed by atoms with Gasteiger partial charge in [-0.25, -0.2) is 0 Å². The molecule has 0 unspecified atom stereocenters. The Labute approximate surface area is 144 Å². The number of nitrogens with zero attached hydrogens (tertiary/aromatic N) is 1. The molecule has 1 aliphatic heterocycles. The lowest BCUT2D eigenvalue weighted by Gasteiger charge is -2.30. The van der Waals surface area contributed by atoms with Crippen molar-refractivity contribution < 1.29 is 4.79 Å². The summed E-state index contributed by atoms with van der Waals surface area (Å²) in [5.41, 5.74) is 3.32. The monoisotopic (exact) mass is 327 g/mol. The zero-order valence-corrected chi connectivity index (χ0v) is 14.9. The highest BCUT2D eigenvalue weighted by molar-refractivity contribution is 5.90. The molecule has 0 saturated carbocycles. The summed E-state index contributed by atoms with van der Waals surface area (Å²) in [5.74, 6) is 0.996. The van der Waals surface area contributed by atoms with Crippen molar-refractivity contribution in [2.45, 2.75) is 39.5 Å². The molecule has 0 atom stereocenters. The van der Waals surface area contributed by atoms with Crippen molar-refractivity contribution in [2.24, 2.45) is 5.92 Å². The molecule has 1 amide bonds. The van der Waals surface area contributed by atoms with Gasteiger partial charge in [-0.15, -0.1) is 0 Å². The Kier molecular flexibility index (Phi) is 5.56.